The second-order valence-corrected chi connectivity index (χ2v) is 12.8. The molecule has 2 saturated heterocycles. The zero-order chi connectivity index (χ0) is 32.2. The number of carbonyl (C=O) groups is 2. The highest BCUT2D eigenvalue weighted by atomic mass is 19.4. The minimum absolute atomic E-state index is 0.0356. The maximum atomic E-state index is 13.8. The second kappa shape index (κ2) is 14.0. The second-order valence-electron chi connectivity index (χ2n) is 12.8. The van der Waals surface area contributed by atoms with Crippen molar-refractivity contribution in [1.82, 2.24) is 9.80 Å². The van der Waals surface area contributed by atoms with Crippen LogP contribution in [0.25, 0.3) is 0 Å². The van der Waals surface area contributed by atoms with E-state index in [0.717, 1.165) is 56.4 Å². The molecular formula is C34H42F6N2O2. The number of ketones is 1. The first-order valence-electron chi connectivity index (χ1n) is 15.5. The SMILES string of the molecule is CC(=O)N1CCC(CC(=O)C2CCCCN(C(c3ccc(C(F)(F)F)cc3)c3ccc(C(F)(F)F)cc3)C[C@@H]2C(C)C)CC1. The maximum Gasteiger partial charge on any atom is 0.416 e. The Morgan fingerprint density at radius 1 is 0.773 bits per heavy atom. The van der Waals surface area contributed by atoms with Crippen LogP contribution in [0.4, 0.5) is 26.3 Å². The Morgan fingerprint density at radius 3 is 1.70 bits per heavy atom. The minimum atomic E-state index is -4.51. The van der Waals surface area contributed by atoms with Crippen molar-refractivity contribution in [3.8, 4) is 0 Å². The molecule has 4 rings (SSSR count). The molecule has 0 aliphatic carbocycles. The molecule has 0 aromatic heterocycles. The summed E-state index contributed by atoms with van der Waals surface area (Å²) in [4.78, 5) is 29.5. The van der Waals surface area contributed by atoms with Crippen molar-refractivity contribution in [3.63, 3.8) is 0 Å². The van der Waals surface area contributed by atoms with Gasteiger partial charge in [0, 0.05) is 38.9 Å². The predicted molar refractivity (Wildman–Crippen MR) is 157 cm³/mol. The van der Waals surface area contributed by atoms with E-state index in [4.69, 9.17) is 0 Å². The molecular weight excluding hydrogens is 582 g/mol. The van der Waals surface area contributed by atoms with Gasteiger partial charge >= 0.3 is 12.4 Å². The molecule has 10 heteroatoms. The fraction of sp³-hybridized carbons (Fsp3) is 0.588. The first-order chi connectivity index (χ1) is 20.6. The van der Waals surface area contributed by atoms with Gasteiger partial charge in [0.25, 0.3) is 0 Å². The molecule has 44 heavy (non-hydrogen) atoms. The van der Waals surface area contributed by atoms with Crippen molar-refractivity contribution in [1.29, 1.82) is 0 Å². The first-order valence-corrected chi connectivity index (χ1v) is 15.5. The minimum Gasteiger partial charge on any atom is -0.343 e. The van der Waals surface area contributed by atoms with Crippen LogP contribution < -0.4 is 0 Å². The lowest BCUT2D eigenvalue weighted by Crippen LogP contribution is -2.43. The van der Waals surface area contributed by atoms with Gasteiger partial charge in [-0.1, -0.05) is 44.5 Å². The summed E-state index contributed by atoms with van der Waals surface area (Å²) in [5.41, 5.74) is -0.471. The van der Waals surface area contributed by atoms with E-state index in [-0.39, 0.29) is 35.4 Å². The van der Waals surface area contributed by atoms with Gasteiger partial charge in [-0.15, -0.1) is 0 Å². The summed E-state index contributed by atoms with van der Waals surface area (Å²) in [5.74, 6) is 0.387. The number of benzene rings is 2. The third kappa shape index (κ3) is 8.43. The summed E-state index contributed by atoms with van der Waals surface area (Å²) >= 11 is 0. The number of rotatable bonds is 7. The summed E-state index contributed by atoms with van der Waals surface area (Å²) < 4.78 is 80.2. The molecule has 0 N–H and O–H groups in total. The van der Waals surface area contributed by atoms with Gasteiger partial charge in [0.15, 0.2) is 0 Å². The van der Waals surface area contributed by atoms with Crippen LogP contribution in [0.3, 0.4) is 0 Å². The molecule has 2 atom stereocenters. The van der Waals surface area contributed by atoms with Crippen LogP contribution in [-0.4, -0.2) is 47.7 Å². The van der Waals surface area contributed by atoms with Crippen molar-refractivity contribution in [3.05, 3.63) is 70.8 Å². The summed E-state index contributed by atoms with van der Waals surface area (Å²) in [6.07, 6.45) is -4.67. The van der Waals surface area contributed by atoms with Crippen molar-refractivity contribution in [2.45, 2.75) is 77.7 Å². The lowest BCUT2D eigenvalue weighted by molar-refractivity contribution is -0.138. The standard InChI is InChI=1S/C34H42F6N2O2/c1-22(2)30-21-42(17-5-4-6-29(30)31(44)20-24-15-18-41(19-16-24)23(3)43)32(25-7-11-27(12-8-25)33(35,36)37)26-9-13-28(14-10-26)34(38,39)40/h7-14,22,24,29-30,32H,4-6,15-21H2,1-3H3/t29?,30-/m1/s1. The zero-order valence-electron chi connectivity index (χ0n) is 25.6. The molecule has 2 heterocycles. The van der Waals surface area contributed by atoms with Crippen LogP contribution in [0.5, 0.6) is 0 Å². The molecule has 0 saturated carbocycles. The fourth-order valence-corrected chi connectivity index (χ4v) is 6.90. The molecule has 242 valence electrons. The van der Waals surface area contributed by atoms with Gasteiger partial charge in [-0.25, -0.2) is 0 Å². The van der Waals surface area contributed by atoms with Gasteiger partial charge in [-0.05, 0) is 85.4 Å². The van der Waals surface area contributed by atoms with E-state index >= 15 is 0 Å². The lowest BCUT2D eigenvalue weighted by atomic mass is 9.74. The van der Waals surface area contributed by atoms with Crippen molar-refractivity contribution < 1.29 is 35.9 Å². The van der Waals surface area contributed by atoms with Gasteiger partial charge in [0.1, 0.15) is 5.78 Å². The first kappa shape index (κ1) is 34.0. The number of Topliss-reactive ketones (excluding diaryl/α,β-unsaturated/α-hetero) is 1. The van der Waals surface area contributed by atoms with Gasteiger partial charge in [-0.3, -0.25) is 14.5 Å². The summed E-state index contributed by atoms with van der Waals surface area (Å²) in [7, 11) is 0. The number of alkyl halides is 6. The van der Waals surface area contributed by atoms with Gasteiger partial charge in [0.05, 0.1) is 17.2 Å². The van der Waals surface area contributed by atoms with Crippen LogP contribution >= 0.6 is 0 Å². The predicted octanol–water partition coefficient (Wildman–Crippen LogP) is 8.41. The van der Waals surface area contributed by atoms with Crippen LogP contribution in [0, 0.1) is 23.7 Å². The van der Waals surface area contributed by atoms with Crippen molar-refractivity contribution in [2.75, 3.05) is 26.2 Å². The average Bonchev–Trinajstić information content (AvgIpc) is 2.94. The normalized spacial score (nSPS) is 21.4. The Labute approximate surface area is 255 Å². The topological polar surface area (TPSA) is 40.6 Å². The molecule has 2 aliphatic rings. The highest BCUT2D eigenvalue weighted by molar-refractivity contribution is 5.81. The molecule has 1 unspecified atom stereocenters. The number of likely N-dealkylation sites (tertiary alicyclic amines) is 2. The van der Waals surface area contributed by atoms with E-state index in [1.165, 1.54) is 24.3 Å². The molecule has 4 nitrogen and oxygen atoms in total. The summed E-state index contributed by atoms with van der Waals surface area (Å²) in [6, 6.07) is 9.11. The molecule has 0 bridgehead atoms. The summed E-state index contributed by atoms with van der Waals surface area (Å²) in [6.45, 7) is 8.09. The van der Waals surface area contributed by atoms with Crippen LogP contribution in [0.1, 0.15) is 87.6 Å². The van der Waals surface area contributed by atoms with Crippen LogP contribution in [-0.2, 0) is 21.9 Å². The van der Waals surface area contributed by atoms with E-state index in [0.29, 0.717) is 43.7 Å². The lowest BCUT2D eigenvalue weighted by Gasteiger charge is -2.41. The molecule has 0 radical (unpaired) electrons. The number of hydrogen-bond donors (Lipinski definition) is 0. The highest BCUT2D eigenvalue weighted by Crippen LogP contribution is 2.39. The van der Waals surface area contributed by atoms with Gasteiger partial charge in [0.2, 0.25) is 5.91 Å². The molecule has 2 aliphatic heterocycles. The number of halogens is 6. The number of nitrogens with zero attached hydrogens (tertiary/aromatic N) is 2. The van der Waals surface area contributed by atoms with E-state index in [1.807, 2.05) is 4.90 Å². The molecule has 1 amide bonds. The van der Waals surface area contributed by atoms with Gasteiger partial charge in [-0.2, -0.15) is 26.3 Å². The number of carbonyl (C=O) groups excluding carboxylic acids is 2. The Bertz CT molecular complexity index is 1190. The quantitative estimate of drug-likeness (QED) is 0.291. The molecule has 2 aromatic carbocycles. The van der Waals surface area contributed by atoms with Crippen LogP contribution in [0.15, 0.2) is 48.5 Å². The number of hydrogen-bond acceptors (Lipinski definition) is 3. The Kier molecular flexibility index (Phi) is 10.9. The Balaban J connectivity index is 1.62. The fourth-order valence-electron chi connectivity index (χ4n) is 6.90. The molecule has 0 spiro atoms. The average molecular weight is 625 g/mol. The van der Waals surface area contributed by atoms with Crippen molar-refractivity contribution >= 4 is 11.7 Å². The van der Waals surface area contributed by atoms with E-state index in [9.17, 15) is 35.9 Å². The van der Waals surface area contributed by atoms with Gasteiger partial charge < -0.3 is 4.90 Å². The Morgan fingerprint density at radius 2 is 1.27 bits per heavy atom. The monoisotopic (exact) mass is 624 g/mol. The smallest absolute Gasteiger partial charge is 0.343 e. The third-order valence-corrected chi connectivity index (χ3v) is 9.46. The van der Waals surface area contributed by atoms with E-state index in [1.54, 1.807) is 6.92 Å². The largest absolute Gasteiger partial charge is 0.416 e. The molecule has 2 aromatic rings. The van der Waals surface area contributed by atoms with Crippen molar-refractivity contribution in [2.24, 2.45) is 23.7 Å². The van der Waals surface area contributed by atoms with Crippen LogP contribution in [0.2, 0.25) is 0 Å². The summed E-state index contributed by atoms with van der Waals surface area (Å²) in [5, 5.41) is 0. The third-order valence-electron chi connectivity index (χ3n) is 9.46. The van der Waals surface area contributed by atoms with E-state index < -0.39 is 29.5 Å². The highest BCUT2D eigenvalue weighted by Gasteiger charge is 2.38. The molecule has 2 fully saturated rings. The Hall–Kier alpha value is -2.88. The number of piperidine rings is 1. The number of amides is 1. The maximum absolute atomic E-state index is 13.8. The van der Waals surface area contributed by atoms with E-state index in [2.05, 4.69) is 18.7 Å². The zero-order valence-corrected chi connectivity index (χ0v) is 25.6.